The maximum atomic E-state index is 9.62. The summed E-state index contributed by atoms with van der Waals surface area (Å²) < 4.78 is 0. The van der Waals surface area contributed by atoms with E-state index in [1.807, 2.05) is 6.08 Å². The van der Waals surface area contributed by atoms with E-state index in [0.717, 1.165) is 19.3 Å². The maximum absolute atomic E-state index is 9.62. The van der Waals surface area contributed by atoms with Gasteiger partial charge in [0.25, 0.3) is 0 Å². The Hall–Kier alpha value is -0.300. The first-order chi connectivity index (χ1) is 4.27. The number of hydrogen-bond donors (Lipinski definition) is 1. The Morgan fingerprint density at radius 1 is 1.44 bits per heavy atom. The van der Waals surface area contributed by atoms with E-state index in [-0.39, 0.29) is 5.60 Å². The molecule has 0 aromatic heterocycles. The SMILES string of the molecule is C=CCC1(O)CCCC1. The fourth-order valence-electron chi connectivity index (χ4n) is 1.51. The van der Waals surface area contributed by atoms with Crippen LogP contribution in [-0.2, 0) is 0 Å². The molecule has 0 aliphatic heterocycles. The van der Waals surface area contributed by atoms with Gasteiger partial charge in [0.2, 0.25) is 0 Å². The van der Waals surface area contributed by atoms with Gasteiger partial charge in [0.15, 0.2) is 0 Å². The van der Waals surface area contributed by atoms with Crippen LogP contribution in [0.4, 0.5) is 0 Å². The van der Waals surface area contributed by atoms with Crippen LogP contribution in [0.25, 0.3) is 0 Å². The van der Waals surface area contributed by atoms with Crippen LogP contribution in [0.15, 0.2) is 12.7 Å². The molecule has 1 fully saturated rings. The fourth-order valence-corrected chi connectivity index (χ4v) is 1.51. The Balaban J connectivity index is 2.40. The minimum absolute atomic E-state index is 0.373. The molecule has 1 aliphatic carbocycles. The van der Waals surface area contributed by atoms with Crippen molar-refractivity contribution in [3.63, 3.8) is 0 Å². The van der Waals surface area contributed by atoms with Crippen LogP contribution in [0, 0.1) is 0 Å². The van der Waals surface area contributed by atoms with Crippen LogP contribution >= 0.6 is 0 Å². The molecule has 1 heteroatoms. The first kappa shape index (κ1) is 6.81. The molecule has 0 amide bonds. The molecule has 0 saturated heterocycles. The van der Waals surface area contributed by atoms with E-state index in [2.05, 4.69) is 6.58 Å². The van der Waals surface area contributed by atoms with Crippen LogP contribution in [0.3, 0.4) is 0 Å². The van der Waals surface area contributed by atoms with Gasteiger partial charge >= 0.3 is 0 Å². The van der Waals surface area contributed by atoms with Crippen LogP contribution in [0.2, 0.25) is 0 Å². The van der Waals surface area contributed by atoms with E-state index in [1.165, 1.54) is 12.8 Å². The van der Waals surface area contributed by atoms with E-state index in [0.29, 0.717) is 0 Å². The highest BCUT2D eigenvalue weighted by Gasteiger charge is 2.28. The third-order valence-corrected chi connectivity index (χ3v) is 2.06. The van der Waals surface area contributed by atoms with Crippen LogP contribution in [0.1, 0.15) is 32.1 Å². The predicted octanol–water partition coefficient (Wildman–Crippen LogP) is 1.87. The predicted molar refractivity (Wildman–Crippen MR) is 38.2 cm³/mol. The van der Waals surface area contributed by atoms with Gasteiger partial charge in [-0.05, 0) is 19.3 Å². The standard InChI is InChI=1S/C8H14O/c1-2-5-8(9)6-3-4-7-8/h2,9H,1,3-7H2. The van der Waals surface area contributed by atoms with E-state index in [1.54, 1.807) is 0 Å². The van der Waals surface area contributed by atoms with Crippen molar-refractivity contribution in [1.29, 1.82) is 0 Å². The van der Waals surface area contributed by atoms with Gasteiger partial charge in [-0.1, -0.05) is 18.9 Å². The lowest BCUT2D eigenvalue weighted by Gasteiger charge is -2.18. The summed E-state index contributed by atoms with van der Waals surface area (Å²) in [4.78, 5) is 0. The molecule has 0 aromatic carbocycles. The normalized spacial score (nSPS) is 24.1. The van der Waals surface area contributed by atoms with Crippen molar-refractivity contribution < 1.29 is 5.11 Å². The summed E-state index contributed by atoms with van der Waals surface area (Å²) >= 11 is 0. The number of aliphatic hydroxyl groups is 1. The summed E-state index contributed by atoms with van der Waals surface area (Å²) in [7, 11) is 0. The molecule has 1 saturated carbocycles. The molecule has 1 aliphatic rings. The summed E-state index contributed by atoms with van der Waals surface area (Å²) in [5.74, 6) is 0. The first-order valence-corrected chi connectivity index (χ1v) is 3.60. The molecular formula is C8H14O. The maximum Gasteiger partial charge on any atom is 0.0682 e. The Labute approximate surface area is 56.4 Å². The molecule has 0 unspecified atom stereocenters. The van der Waals surface area contributed by atoms with Gasteiger partial charge < -0.3 is 5.11 Å². The molecule has 0 radical (unpaired) electrons. The van der Waals surface area contributed by atoms with Crippen molar-refractivity contribution in [3.8, 4) is 0 Å². The Morgan fingerprint density at radius 2 is 2.00 bits per heavy atom. The zero-order chi connectivity index (χ0) is 6.74. The van der Waals surface area contributed by atoms with Gasteiger partial charge in [0.05, 0.1) is 5.60 Å². The highest BCUT2D eigenvalue weighted by molar-refractivity contribution is 4.90. The number of hydrogen-bond acceptors (Lipinski definition) is 1. The second-order valence-electron chi connectivity index (χ2n) is 2.92. The van der Waals surface area contributed by atoms with Crippen LogP contribution in [0.5, 0.6) is 0 Å². The smallest absolute Gasteiger partial charge is 0.0682 e. The van der Waals surface area contributed by atoms with E-state index in [4.69, 9.17) is 0 Å². The number of rotatable bonds is 2. The minimum Gasteiger partial charge on any atom is -0.390 e. The monoisotopic (exact) mass is 126 g/mol. The van der Waals surface area contributed by atoms with Crippen LogP contribution < -0.4 is 0 Å². The van der Waals surface area contributed by atoms with Gasteiger partial charge in [-0.15, -0.1) is 6.58 Å². The third-order valence-electron chi connectivity index (χ3n) is 2.06. The molecule has 0 bridgehead atoms. The largest absolute Gasteiger partial charge is 0.390 e. The minimum atomic E-state index is -0.373. The molecule has 1 rings (SSSR count). The van der Waals surface area contributed by atoms with Gasteiger partial charge in [-0.2, -0.15) is 0 Å². The lowest BCUT2D eigenvalue weighted by atomic mass is 9.98. The highest BCUT2D eigenvalue weighted by atomic mass is 16.3. The van der Waals surface area contributed by atoms with Gasteiger partial charge in [-0.25, -0.2) is 0 Å². The molecule has 0 aromatic rings. The zero-order valence-corrected chi connectivity index (χ0v) is 5.77. The second-order valence-corrected chi connectivity index (χ2v) is 2.92. The lowest BCUT2D eigenvalue weighted by Crippen LogP contribution is -2.22. The van der Waals surface area contributed by atoms with Crippen LogP contribution in [-0.4, -0.2) is 10.7 Å². The van der Waals surface area contributed by atoms with E-state index in [9.17, 15) is 5.11 Å². The van der Waals surface area contributed by atoms with Crippen molar-refractivity contribution in [3.05, 3.63) is 12.7 Å². The molecule has 1 N–H and O–H groups in total. The molecule has 0 spiro atoms. The fraction of sp³-hybridized carbons (Fsp3) is 0.750. The topological polar surface area (TPSA) is 20.2 Å². The highest BCUT2D eigenvalue weighted by Crippen LogP contribution is 2.32. The van der Waals surface area contributed by atoms with E-state index < -0.39 is 0 Å². The quantitative estimate of drug-likeness (QED) is 0.560. The Bertz CT molecular complexity index is 101. The average molecular weight is 126 g/mol. The summed E-state index contributed by atoms with van der Waals surface area (Å²) in [6.07, 6.45) is 6.89. The molecule has 0 atom stereocenters. The second kappa shape index (κ2) is 2.53. The zero-order valence-electron chi connectivity index (χ0n) is 5.77. The van der Waals surface area contributed by atoms with Gasteiger partial charge in [0.1, 0.15) is 0 Å². The summed E-state index contributed by atoms with van der Waals surface area (Å²) in [6, 6.07) is 0. The van der Waals surface area contributed by atoms with Gasteiger partial charge in [-0.3, -0.25) is 0 Å². The molecular weight excluding hydrogens is 112 g/mol. The summed E-state index contributed by atoms with van der Waals surface area (Å²) in [5, 5.41) is 9.62. The molecule has 0 heterocycles. The average Bonchev–Trinajstić information content (AvgIpc) is 2.16. The summed E-state index contributed by atoms with van der Waals surface area (Å²) in [5.41, 5.74) is -0.373. The van der Waals surface area contributed by atoms with Crippen molar-refractivity contribution >= 4 is 0 Å². The van der Waals surface area contributed by atoms with Crippen molar-refractivity contribution in [2.24, 2.45) is 0 Å². The van der Waals surface area contributed by atoms with Crippen molar-refractivity contribution in [2.45, 2.75) is 37.7 Å². The third kappa shape index (κ3) is 1.55. The van der Waals surface area contributed by atoms with Crippen molar-refractivity contribution in [1.82, 2.24) is 0 Å². The summed E-state index contributed by atoms with van der Waals surface area (Å²) in [6.45, 7) is 3.61. The Morgan fingerprint density at radius 3 is 2.44 bits per heavy atom. The van der Waals surface area contributed by atoms with E-state index >= 15 is 0 Å². The molecule has 9 heavy (non-hydrogen) atoms. The molecule has 1 nitrogen and oxygen atoms in total. The Kier molecular flexibility index (Phi) is 1.91. The van der Waals surface area contributed by atoms with Crippen molar-refractivity contribution in [2.75, 3.05) is 0 Å². The van der Waals surface area contributed by atoms with Gasteiger partial charge in [0, 0.05) is 0 Å². The lowest BCUT2D eigenvalue weighted by molar-refractivity contribution is 0.0510. The first-order valence-electron chi connectivity index (χ1n) is 3.60. The molecule has 52 valence electrons.